The zero-order valence-electron chi connectivity index (χ0n) is 29.2. The van der Waals surface area contributed by atoms with Crippen LogP contribution in [-0.2, 0) is 28.0 Å². The van der Waals surface area contributed by atoms with Crippen LogP contribution in [0.4, 0.5) is 92.2 Å². The molecule has 0 aliphatic rings. The van der Waals surface area contributed by atoms with Crippen LogP contribution in [0.3, 0.4) is 0 Å². The highest BCUT2D eigenvalue weighted by molar-refractivity contribution is 8.00. The summed E-state index contributed by atoms with van der Waals surface area (Å²) in [6, 6.07) is 11.1. The molecule has 326 valence electrons. The first-order valence-corrected chi connectivity index (χ1v) is 16.5. The highest BCUT2D eigenvalue weighted by Gasteiger charge is 2.97. The van der Waals surface area contributed by atoms with Gasteiger partial charge in [0.2, 0.25) is 0 Å². The van der Waals surface area contributed by atoms with Crippen LogP contribution < -0.4 is 0 Å². The second-order valence-corrected chi connectivity index (χ2v) is 15.2. The normalized spacial score (nSPS) is 15.5. The van der Waals surface area contributed by atoms with Crippen LogP contribution in [-0.4, -0.2) is 70.7 Å². The Labute approximate surface area is 313 Å². The van der Waals surface area contributed by atoms with Gasteiger partial charge in [-0.15, -0.1) is 11.8 Å². The van der Waals surface area contributed by atoms with Gasteiger partial charge in [-0.25, -0.2) is 0 Å². The minimum atomic E-state index is -9.21. The summed E-state index contributed by atoms with van der Waals surface area (Å²) in [6.07, 6.45) is -12.4. The van der Waals surface area contributed by atoms with E-state index in [1.165, 1.54) is 11.8 Å². The van der Waals surface area contributed by atoms with Crippen LogP contribution in [0, 0.1) is 0 Å². The first kappa shape index (κ1) is 49.9. The van der Waals surface area contributed by atoms with Gasteiger partial charge in [-0.2, -0.15) is 92.2 Å². The van der Waals surface area contributed by atoms with Crippen LogP contribution >= 0.6 is 11.8 Å². The number of ether oxygens (including phenoxy) is 1. The molecule has 0 spiro atoms. The lowest BCUT2D eigenvalue weighted by Crippen LogP contribution is -2.76. The molecule has 0 saturated heterocycles. The number of rotatable bonds is 17. The van der Waals surface area contributed by atoms with Crippen molar-refractivity contribution in [1.29, 1.82) is 0 Å². The standard InChI is InChI=1S/C33H29F21O2S/c1-17(57-21-11-9-20(10-12-21)23(2,3)4)15-22(55)56-16-19-7-5-18(6-8-19)13-14-24(34,35)25(36,37)26(38,39)27(40,41)28(42,43)29(44,45)30(46,47)31(48,49)32(50,51)33(52,53)54/h5-12,17H,13-16H2,1-4H3. The van der Waals surface area contributed by atoms with Gasteiger partial charge in [-0.05, 0) is 40.7 Å². The Bertz CT molecular complexity index is 1680. The fourth-order valence-electron chi connectivity index (χ4n) is 4.62. The molecule has 57 heavy (non-hydrogen) atoms. The van der Waals surface area contributed by atoms with E-state index in [1.54, 1.807) is 6.92 Å². The highest BCUT2D eigenvalue weighted by Crippen LogP contribution is 2.66. The molecular formula is C33H29F21O2S. The van der Waals surface area contributed by atoms with E-state index in [0.717, 1.165) is 34.7 Å². The molecule has 0 saturated carbocycles. The maximum atomic E-state index is 14.4. The Kier molecular flexibility index (Phi) is 13.8. The van der Waals surface area contributed by atoms with Gasteiger partial charge < -0.3 is 4.74 Å². The lowest BCUT2D eigenvalue weighted by atomic mass is 9.85. The SMILES string of the molecule is CC(CC(=O)OCc1ccc(CCC(F)(F)C(F)(F)C(F)(F)C(F)(F)C(F)(F)C(F)(F)C(F)(F)C(F)(F)C(F)(F)C(F)(F)F)cc1)Sc1ccc(C(C)(C)C)cc1. The summed E-state index contributed by atoms with van der Waals surface area (Å²) >= 11 is 1.34. The zero-order valence-corrected chi connectivity index (χ0v) is 30.0. The Morgan fingerprint density at radius 2 is 0.912 bits per heavy atom. The van der Waals surface area contributed by atoms with Crippen molar-refractivity contribution < 1.29 is 102 Å². The average Bonchev–Trinajstić information content (AvgIpc) is 3.05. The number of hydrogen-bond acceptors (Lipinski definition) is 3. The van der Waals surface area contributed by atoms with E-state index in [0.29, 0.717) is 0 Å². The van der Waals surface area contributed by atoms with Crippen LogP contribution in [0.2, 0.25) is 0 Å². The first-order chi connectivity index (χ1) is 25.2. The van der Waals surface area contributed by atoms with Gasteiger partial charge >= 0.3 is 65.4 Å². The van der Waals surface area contributed by atoms with Crippen molar-refractivity contribution in [3.05, 3.63) is 65.2 Å². The summed E-state index contributed by atoms with van der Waals surface area (Å²) in [5.74, 6) is -77.9. The van der Waals surface area contributed by atoms with Crippen molar-refractivity contribution in [3.8, 4) is 0 Å². The topological polar surface area (TPSA) is 26.3 Å². The fourth-order valence-corrected chi connectivity index (χ4v) is 5.59. The quantitative estimate of drug-likeness (QED) is 0.0899. The number of thioether (sulfide) groups is 1. The smallest absolute Gasteiger partial charge is 0.460 e. The molecule has 2 rings (SSSR count). The van der Waals surface area contributed by atoms with Gasteiger partial charge in [0.15, 0.2) is 0 Å². The van der Waals surface area contributed by atoms with Crippen LogP contribution in [0.15, 0.2) is 53.4 Å². The van der Waals surface area contributed by atoms with Crippen LogP contribution in [0.1, 0.15) is 57.2 Å². The van der Waals surface area contributed by atoms with Crippen molar-refractivity contribution in [2.75, 3.05) is 0 Å². The fraction of sp³-hybridized carbons (Fsp3) is 0.606. The van der Waals surface area contributed by atoms with E-state index >= 15 is 0 Å². The molecule has 2 aromatic rings. The number of aryl methyl sites for hydroxylation is 1. The Morgan fingerprint density at radius 3 is 1.30 bits per heavy atom. The summed E-state index contributed by atoms with van der Waals surface area (Å²) in [4.78, 5) is 13.1. The van der Waals surface area contributed by atoms with Gasteiger partial charge in [0.1, 0.15) is 6.61 Å². The van der Waals surface area contributed by atoms with Gasteiger partial charge in [-0.1, -0.05) is 64.1 Å². The van der Waals surface area contributed by atoms with Gasteiger partial charge in [0.25, 0.3) is 0 Å². The number of hydrogen-bond donors (Lipinski definition) is 0. The summed E-state index contributed by atoms with van der Waals surface area (Å²) in [5, 5.41) is -0.294. The second-order valence-electron chi connectivity index (χ2n) is 13.7. The van der Waals surface area contributed by atoms with Gasteiger partial charge in [-0.3, -0.25) is 4.79 Å². The van der Waals surface area contributed by atoms with Crippen LogP contribution in [0.25, 0.3) is 0 Å². The van der Waals surface area contributed by atoms with E-state index in [-0.39, 0.29) is 22.6 Å². The molecule has 0 bridgehead atoms. The van der Waals surface area contributed by atoms with Crippen molar-refractivity contribution in [2.45, 2.75) is 129 Å². The minimum absolute atomic E-state index is 0.102. The molecule has 2 nitrogen and oxygen atoms in total. The molecule has 0 aliphatic heterocycles. The van der Waals surface area contributed by atoms with E-state index in [4.69, 9.17) is 4.74 Å². The molecule has 0 N–H and O–H groups in total. The molecule has 0 fully saturated rings. The third-order valence-electron chi connectivity index (χ3n) is 8.24. The molecule has 0 amide bonds. The maximum Gasteiger partial charge on any atom is 0.460 e. The first-order valence-electron chi connectivity index (χ1n) is 15.6. The Morgan fingerprint density at radius 1 is 0.544 bits per heavy atom. The number of carbonyl (C=O) groups excluding carboxylic acids is 1. The summed E-state index contributed by atoms with van der Waals surface area (Å²) in [7, 11) is 0. The van der Waals surface area contributed by atoms with Crippen molar-refractivity contribution in [1.82, 2.24) is 0 Å². The third-order valence-corrected chi connectivity index (χ3v) is 9.35. The monoisotopic (exact) mass is 888 g/mol. The van der Waals surface area contributed by atoms with Gasteiger partial charge in [0.05, 0.1) is 6.42 Å². The molecule has 1 unspecified atom stereocenters. The summed E-state index contributed by atoms with van der Waals surface area (Å²) < 4.78 is 291. The molecule has 0 aromatic heterocycles. The van der Waals surface area contributed by atoms with Crippen molar-refractivity contribution in [2.24, 2.45) is 0 Å². The highest BCUT2D eigenvalue weighted by atomic mass is 32.2. The van der Waals surface area contributed by atoms with E-state index < -0.39 is 90.5 Å². The molecule has 0 aliphatic carbocycles. The predicted molar refractivity (Wildman–Crippen MR) is 160 cm³/mol. The predicted octanol–water partition coefficient (Wildman–Crippen LogP) is 12.8. The lowest BCUT2D eigenvalue weighted by molar-refractivity contribution is -0.474. The second kappa shape index (κ2) is 15.8. The third kappa shape index (κ3) is 9.03. The minimum Gasteiger partial charge on any atom is -0.461 e. The Hall–Kier alpha value is -3.21. The number of benzene rings is 2. The molecule has 1 atom stereocenters. The van der Waals surface area contributed by atoms with E-state index in [1.807, 2.05) is 45.0 Å². The van der Waals surface area contributed by atoms with Crippen LogP contribution in [0.5, 0.6) is 0 Å². The molecule has 24 heteroatoms. The zero-order chi connectivity index (χ0) is 44.9. The number of alkyl halides is 21. The summed E-state index contributed by atoms with van der Waals surface area (Å²) in [6.45, 7) is 7.28. The Balaban J connectivity index is 2.17. The molecule has 2 aromatic carbocycles. The summed E-state index contributed by atoms with van der Waals surface area (Å²) in [5.41, 5.74) is 0.538. The molecular weight excluding hydrogens is 859 g/mol. The average molecular weight is 889 g/mol. The van der Waals surface area contributed by atoms with Crippen molar-refractivity contribution >= 4 is 17.7 Å². The number of halogens is 21. The molecule has 0 heterocycles. The number of esters is 1. The van der Waals surface area contributed by atoms with E-state index in [9.17, 15) is 97.0 Å². The lowest BCUT2D eigenvalue weighted by Gasteiger charge is -2.44. The maximum absolute atomic E-state index is 14.4. The van der Waals surface area contributed by atoms with Crippen molar-refractivity contribution in [3.63, 3.8) is 0 Å². The largest absolute Gasteiger partial charge is 0.461 e. The number of carbonyl (C=O) groups is 1. The van der Waals surface area contributed by atoms with Gasteiger partial charge in [0, 0.05) is 16.6 Å². The molecule has 0 radical (unpaired) electrons. The van der Waals surface area contributed by atoms with E-state index in [2.05, 4.69) is 0 Å².